The molecule has 1 N–H and O–H groups in total. The molecule has 3 aromatic carbocycles. The minimum Gasteiger partial charge on any atom is -0.481 e. The fourth-order valence-corrected chi connectivity index (χ4v) is 3.69. The third kappa shape index (κ3) is 7.82. The van der Waals surface area contributed by atoms with E-state index in [9.17, 15) is 14.0 Å². The zero-order valence-corrected chi connectivity index (χ0v) is 20.7. The van der Waals surface area contributed by atoms with Gasteiger partial charge in [-0.3, -0.25) is 9.59 Å². The Balaban J connectivity index is 1.91. The predicted octanol–water partition coefficient (Wildman–Crippen LogP) is 5.41. The SMILES string of the molecule is CC[C@H](C)NC(=O)[C@@H](Cc1ccccc1)N(Cc1ccc(Cl)cc1)C(=O)COc1ccccc1F. The number of para-hydroxylation sites is 1. The Morgan fingerprint density at radius 1 is 0.971 bits per heavy atom. The van der Waals surface area contributed by atoms with Gasteiger partial charge in [0, 0.05) is 24.0 Å². The molecule has 3 aromatic rings. The molecule has 0 aromatic heterocycles. The van der Waals surface area contributed by atoms with E-state index in [2.05, 4.69) is 5.32 Å². The summed E-state index contributed by atoms with van der Waals surface area (Å²) in [5.74, 6) is -1.25. The molecule has 0 spiro atoms. The molecule has 3 rings (SSSR count). The maximum atomic E-state index is 14.1. The molecule has 0 aliphatic carbocycles. The standard InChI is InChI=1S/C28H30ClFN2O3/c1-3-20(2)31-28(34)25(17-21-9-5-4-6-10-21)32(18-22-13-15-23(29)16-14-22)27(33)19-35-26-12-8-7-11-24(26)30/h4-16,20,25H,3,17-19H2,1-2H3,(H,31,34)/t20-,25+/m0/s1. The van der Waals surface area contributed by atoms with Crippen molar-refractivity contribution in [1.82, 2.24) is 10.2 Å². The van der Waals surface area contributed by atoms with Gasteiger partial charge in [-0.1, -0.05) is 73.1 Å². The number of rotatable bonds is 11. The van der Waals surface area contributed by atoms with Crippen molar-refractivity contribution in [2.24, 2.45) is 0 Å². The maximum Gasteiger partial charge on any atom is 0.261 e. The molecule has 0 fully saturated rings. The van der Waals surface area contributed by atoms with Gasteiger partial charge in [-0.05, 0) is 48.7 Å². The molecule has 0 saturated carbocycles. The highest BCUT2D eigenvalue weighted by Crippen LogP contribution is 2.19. The van der Waals surface area contributed by atoms with Gasteiger partial charge in [0.2, 0.25) is 5.91 Å². The van der Waals surface area contributed by atoms with Crippen molar-refractivity contribution < 1.29 is 18.7 Å². The smallest absolute Gasteiger partial charge is 0.261 e. The minimum atomic E-state index is -0.793. The molecule has 0 aliphatic heterocycles. The van der Waals surface area contributed by atoms with Crippen molar-refractivity contribution in [2.75, 3.05) is 6.61 Å². The topological polar surface area (TPSA) is 58.6 Å². The number of amides is 2. The summed E-state index contributed by atoms with van der Waals surface area (Å²) in [6.07, 6.45) is 1.08. The van der Waals surface area contributed by atoms with Crippen molar-refractivity contribution in [3.8, 4) is 5.75 Å². The summed E-state index contributed by atoms with van der Waals surface area (Å²) in [4.78, 5) is 28.4. The number of hydrogen-bond donors (Lipinski definition) is 1. The van der Waals surface area contributed by atoms with Crippen LogP contribution in [0, 0.1) is 5.82 Å². The second kappa shape index (κ2) is 12.9. The van der Waals surface area contributed by atoms with Gasteiger partial charge >= 0.3 is 0 Å². The average molecular weight is 497 g/mol. The monoisotopic (exact) mass is 496 g/mol. The minimum absolute atomic E-state index is 0.0176. The van der Waals surface area contributed by atoms with Crippen LogP contribution in [0.15, 0.2) is 78.9 Å². The first kappa shape index (κ1) is 26.2. The molecule has 0 bridgehead atoms. The van der Waals surface area contributed by atoms with Crippen LogP contribution >= 0.6 is 11.6 Å². The predicted molar refractivity (Wildman–Crippen MR) is 136 cm³/mol. The first-order valence-electron chi connectivity index (χ1n) is 11.6. The van der Waals surface area contributed by atoms with Crippen molar-refractivity contribution in [1.29, 1.82) is 0 Å². The van der Waals surface area contributed by atoms with E-state index in [1.54, 1.807) is 24.3 Å². The van der Waals surface area contributed by atoms with Crippen LogP contribution in [-0.2, 0) is 22.6 Å². The fraction of sp³-hybridized carbons (Fsp3) is 0.286. The summed E-state index contributed by atoms with van der Waals surface area (Å²) in [7, 11) is 0. The van der Waals surface area contributed by atoms with E-state index in [1.807, 2.05) is 56.3 Å². The molecular formula is C28H30ClFN2O3. The largest absolute Gasteiger partial charge is 0.481 e. The van der Waals surface area contributed by atoms with Crippen LogP contribution < -0.4 is 10.1 Å². The summed E-state index contributed by atoms with van der Waals surface area (Å²) in [6.45, 7) is 3.67. The number of carbonyl (C=O) groups excluding carboxylic acids is 2. The molecule has 0 unspecified atom stereocenters. The van der Waals surface area contributed by atoms with Crippen LogP contribution in [0.1, 0.15) is 31.4 Å². The van der Waals surface area contributed by atoms with Gasteiger partial charge in [0.05, 0.1) is 0 Å². The molecule has 35 heavy (non-hydrogen) atoms. The molecule has 0 saturated heterocycles. The van der Waals surface area contributed by atoms with Crippen LogP contribution in [0.25, 0.3) is 0 Å². The summed E-state index contributed by atoms with van der Waals surface area (Å²) in [6, 6.07) is 21.7. The Morgan fingerprint density at radius 2 is 1.63 bits per heavy atom. The molecule has 7 heteroatoms. The molecule has 0 heterocycles. The van der Waals surface area contributed by atoms with E-state index < -0.39 is 24.4 Å². The summed E-state index contributed by atoms with van der Waals surface area (Å²) >= 11 is 6.04. The van der Waals surface area contributed by atoms with Crippen molar-refractivity contribution >= 4 is 23.4 Å². The number of hydrogen-bond acceptors (Lipinski definition) is 3. The number of carbonyl (C=O) groups is 2. The highest BCUT2D eigenvalue weighted by molar-refractivity contribution is 6.30. The quantitative estimate of drug-likeness (QED) is 0.386. The van der Waals surface area contributed by atoms with E-state index in [1.165, 1.54) is 17.0 Å². The summed E-state index contributed by atoms with van der Waals surface area (Å²) in [5.41, 5.74) is 1.73. The average Bonchev–Trinajstić information content (AvgIpc) is 2.87. The van der Waals surface area contributed by atoms with E-state index in [4.69, 9.17) is 16.3 Å². The number of nitrogens with zero attached hydrogens (tertiary/aromatic N) is 1. The lowest BCUT2D eigenvalue weighted by Gasteiger charge is -2.32. The van der Waals surface area contributed by atoms with Crippen LogP contribution in [0.4, 0.5) is 4.39 Å². The first-order valence-corrected chi connectivity index (χ1v) is 12.0. The molecule has 2 amide bonds. The van der Waals surface area contributed by atoms with E-state index in [0.717, 1.165) is 17.5 Å². The molecular weight excluding hydrogens is 467 g/mol. The van der Waals surface area contributed by atoms with Gasteiger partial charge < -0.3 is 15.0 Å². The lowest BCUT2D eigenvalue weighted by Crippen LogP contribution is -2.53. The number of benzene rings is 3. The van der Waals surface area contributed by atoms with Gasteiger partial charge in [-0.2, -0.15) is 0 Å². The van der Waals surface area contributed by atoms with E-state index >= 15 is 0 Å². The van der Waals surface area contributed by atoms with Gasteiger partial charge in [-0.15, -0.1) is 0 Å². The Labute approximate surface area is 210 Å². The molecule has 0 radical (unpaired) electrons. The third-order valence-electron chi connectivity index (χ3n) is 5.73. The second-order valence-corrected chi connectivity index (χ2v) is 8.83. The van der Waals surface area contributed by atoms with Gasteiger partial charge in [0.15, 0.2) is 18.2 Å². The van der Waals surface area contributed by atoms with Crippen LogP contribution in [-0.4, -0.2) is 35.4 Å². The van der Waals surface area contributed by atoms with Gasteiger partial charge in [-0.25, -0.2) is 4.39 Å². The molecule has 2 atom stereocenters. The highest BCUT2D eigenvalue weighted by Gasteiger charge is 2.31. The highest BCUT2D eigenvalue weighted by atomic mass is 35.5. The molecule has 5 nitrogen and oxygen atoms in total. The first-order chi connectivity index (χ1) is 16.9. The molecule has 0 aliphatic rings. The van der Waals surface area contributed by atoms with Crippen molar-refractivity contribution in [3.63, 3.8) is 0 Å². The Hall–Kier alpha value is -3.38. The van der Waals surface area contributed by atoms with Crippen molar-refractivity contribution in [3.05, 3.63) is 101 Å². The Morgan fingerprint density at radius 3 is 2.29 bits per heavy atom. The fourth-order valence-electron chi connectivity index (χ4n) is 3.57. The number of halogens is 2. The van der Waals surface area contributed by atoms with E-state index in [0.29, 0.717) is 11.4 Å². The maximum absolute atomic E-state index is 14.1. The second-order valence-electron chi connectivity index (χ2n) is 8.39. The molecule has 184 valence electrons. The van der Waals surface area contributed by atoms with E-state index in [-0.39, 0.29) is 24.2 Å². The van der Waals surface area contributed by atoms with Crippen LogP contribution in [0.5, 0.6) is 5.75 Å². The Kier molecular flexibility index (Phi) is 9.67. The van der Waals surface area contributed by atoms with Gasteiger partial charge in [0.1, 0.15) is 6.04 Å². The van der Waals surface area contributed by atoms with Crippen LogP contribution in [0.2, 0.25) is 5.02 Å². The number of nitrogens with one attached hydrogen (secondary N) is 1. The van der Waals surface area contributed by atoms with Crippen LogP contribution in [0.3, 0.4) is 0 Å². The normalized spacial score (nSPS) is 12.5. The zero-order chi connectivity index (χ0) is 25.2. The lowest BCUT2D eigenvalue weighted by atomic mass is 10.0. The summed E-state index contributed by atoms with van der Waals surface area (Å²) in [5, 5.41) is 3.58. The third-order valence-corrected chi connectivity index (χ3v) is 5.98. The number of ether oxygens (including phenoxy) is 1. The van der Waals surface area contributed by atoms with Gasteiger partial charge in [0.25, 0.3) is 5.91 Å². The zero-order valence-electron chi connectivity index (χ0n) is 19.9. The Bertz CT molecular complexity index is 1110. The van der Waals surface area contributed by atoms with Crippen molar-refractivity contribution in [2.45, 2.75) is 45.3 Å². The lowest BCUT2D eigenvalue weighted by molar-refractivity contribution is -0.143. The summed E-state index contributed by atoms with van der Waals surface area (Å²) < 4.78 is 19.6.